The number of ether oxygens (including phenoxy) is 5. The van der Waals surface area contributed by atoms with Gasteiger partial charge in [-0.3, -0.25) is 4.79 Å². The monoisotopic (exact) mass is 460 g/mol. The fourth-order valence-corrected chi connectivity index (χ4v) is 6.84. The largest absolute Gasteiger partial charge is 0.493 e. The highest BCUT2D eigenvalue weighted by molar-refractivity contribution is 5.68. The molecule has 2 aliphatic carbocycles. The molecule has 2 saturated carbocycles. The first-order valence-electron chi connectivity index (χ1n) is 11.8. The fourth-order valence-electron chi connectivity index (χ4n) is 6.84. The van der Waals surface area contributed by atoms with E-state index in [1.54, 1.807) is 34.5 Å². The fraction of sp³-hybridized carbons (Fsp3) is 0.667. The van der Waals surface area contributed by atoms with Gasteiger partial charge in [0, 0.05) is 18.9 Å². The average Bonchev–Trinajstić information content (AvgIpc) is 2.75. The summed E-state index contributed by atoms with van der Waals surface area (Å²) < 4.78 is 29.1. The Labute approximate surface area is 198 Å². The summed E-state index contributed by atoms with van der Waals surface area (Å²) in [7, 11) is 6.33. The number of hydrogen-bond acceptors (Lipinski definition) is 6. The maximum absolute atomic E-state index is 12.5. The van der Waals surface area contributed by atoms with Crippen LogP contribution in [0.4, 0.5) is 0 Å². The number of methoxy groups -OCH3 is 4. The molecule has 33 heavy (non-hydrogen) atoms. The minimum absolute atomic E-state index is 0.0937. The van der Waals surface area contributed by atoms with E-state index in [2.05, 4.69) is 27.4 Å². The lowest BCUT2D eigenvalue weighted by atomic mass is 9.46. The van der Waals surface area contributed by atoms with Gasteiger partial charge >= 0.3 is 5.97 Å². The molecule has 0 aromatic heterocycles. The maximum atomic E-state index is 12.5. The van der Waals surface area contributed by atoms with Crippen LogP contribution in [0.25, 0.3) is 0 Å². The van der Waals surface area contributed by atoms with Gasteiger partial charge in [-0.15, -0.1) is 0 Å². The van der Waals surface area contributed by atoms with Gasteiger partial charge in [0.1, 0.15) is 6.10 Å². The molecule has 184 valence electrons. The smallest absolute Gasteiger partial charge is 0.303 e. The quantitative estimate of drug-likeness (QED) is 0.361. The van der Waals surface area contributed by atoms with Crippen molar-refractivity contribution in [2.24, 2.45) is 22.7 Å². The number of rotatable bonds is 7. The Balaban J connectivity index is 2.31. The van der Waals surface area contributed by atoms with Crippen molar-refractivity contribution in [1.82, 2.24) is 0 Å². The normalized spacial score (nSPS) is 27.2. The van der Waals surface area contributed by atoms with E-state index < -0.39 is 6.10 Å². The highest BCUT2D eigenvalue weighted by Gasteiger charge is 2.56. The number of carbonyl (C=O) groups is 1. The Morgan fingerprint density at radius 3 is 2.06 bits per heavy atom. The Bertz CT molecular complexity index is 874. The van der Waals surface area contributed by atoms with Crippen molar-refractivity contribution in [3.63, 3.8) is 0 Å². The number of esters is 1. The van der Waals surface area contributed by atoms with Crippen LogP contribution in [0.3, 0.4) is 0 Å². The van der Waals surface area contributed by atoms with Gasteiger partial charge < -0.3 is 23.7 Å². The summed E-state index contributed by atoms with van der Waals surface area (Å²) in [6, 6.07) is 1.73. The van der Waals surface area contributed by atoms with Gasteiger partial charge in [-0.1, -0.05) is 39.3 Å². The molecular formula is C27H40O6. The molecular weight excluding hydrogens is 420 g/mol. The van der Waals surface area contributed by atoms with Crippen molar-refractivity contribution in [3.8, 4) is 23.0 Å². The molecule has 0 saturated heterocycles. The predicted molar refractivity (Wildman–Crippen MR) is 128 cm³/mol. The van der Waals surface area contributed by atoms with Crippen LogP contribution in [-0.2, 0) is 9.53 Å². The molecule has 0 amide bonds. The number of carbonyl (C=O) groups excluding carboxylic acids is 1. The van der Waals surface area contributed by atoms with Crippen LogP contribution in [-0.4, -0.2) is 34.4 Å². The summed E-state index contributed by atoms with van der Waals surface area (Å²) in [5.41, 5.74) is 1.84. The minimum Gasteiger partial charge on any atom is -0.493 e. The van der Waals surface area contributed by atoms with Gasteiger partial charge in [0.05, 0.1) is 34.0 Å². The van der Waals surface area contributed by atoms with Crippen LogP contribution in [0.2, 0.25) is 0 Å². The first-order valence-corrected chi connectivity index (χ1v) is 11.8. The van der Waals surface area contributed by atoms with E-state index in [9.17, 15) is 4.79 Å². The van der Waals surface area contributed by atoms with E-state index in [-0.39, 0.29) is 22.7 Å². The Hall–Kier alpha value is -2.37. The van der Waals surface area contributed by atoms with E-state index in [1.807, 2.05) is 0 Å². The molecule has 6 heteroatoms. The van der Waals surface area contributed by atoms with Crippen LogP contribution >= 0.6 is 0 Å². The van der Waals surface area contributed by atoms with Crippen LogP contribution < -0.4 is 18.9 Å². The lowest BCUT2D eigenvalue weighted by Crippen LogP contribution is -2.51. The van der Waals surface area contributed by atoms with E-state index in [1.165, 1.54) is 13.3 Å². The Morgan fingerprint density at radius 2 is 1.58 bits per heavy atom. The number of benzene rings is 1. The second-order valence-electron chi connectivity index (χ2n) is 10.4. The third-order valence-electron chi connectivity index (χ3n) is 8.11. The second-order valence-corrected chi connectivity index (χ2v) is 10.4. The zero-order valence-corrected chi connectivity index (χ0v) is 21.5. The van der Waals surface area contributed by atoms with Gasteiger partial charge in [0.25, 0.3) is 0 Å². The van der Waals surface area contributed by atoms with E-state index in [0.717, 1.165) is 31.3 Å². The van der Waals surface area contributed by atoms with Crippen molar-refractivity contribution < 1.29 is 28.5 Å². The maximum Gasteiger partial charge on any atom is 0.303 e. The summed E-state index contributed by atoms with van der Waals surface area (Å²) in [5, 5.41) is 0. The molecule has 1 aromatic carbocycles. The molecule has 6 nitrogen and oxygen atoms in total. The van der Waals surface area contributed by atoms with Crippen molar-refractivity contribution in [3.05, 3.63) is 23.8 Å². The molecule has 0 bridgehead atoms. The lowest BCUT2D eigenvalue weighted by molar-refractivity contribution is -0.158. The molecule has 0 heterocycles. The van der Waals surface area contributed by atoms with Gasteiger partial charge in [-0.05, 0) is 42.4 Å². The highest BCUT2D eigenvalue weighted by Crippen LogP contribution is 2.65. The molecule has 1 aromatic rings. The van der Waals surface area contributed by atoms with E-state index >= 15 is 0 Å². The van der Waals surface area contributed by atoms with Crippen LogP contribution in [0, 0.1) is 22.7 Å². The van der Waals surface area contributed by atoms with Crippen molar-refractivity contribution in [1.29, 1.82) is 0 Å². The SMILES string of the molecule is C=C1CC[C@H]2C(C)(C)CCC[C@]2(C)[C@H]1C(OC(C)=O)c1c(OC)c(OC)cc(OC)c1OC. The standard InChI is InChI=1S/C27H40O6/c1-16-11-12-20-26(3,4)13-10-14-27(20,5)22(16)25(33-17(2)28)21-23(31-8)18(29-6)15-19(30-7)24(21)32-9/h15,20,22,25H,1,10-14H2,2-9H3/t20-,22+,25?,27-/m0/s1. The molecule has 0 radical (unpaired) electrons. The van der Waals surface area contributed by atoms with Gasteiger partial charge in [0.2, 0.25) is 0 Å². The molecule has 1 unspecified atom stereocenters. The Morgan fingerprint density at radius 1 is 1.00 bits per heavy atom. The number of fused-ring (bicyclic) bond motifs is 1. The highest BCUT2D eigenvalue weighted by atomic mass is 16.6. The summed E-state index contributed by atoms with van der Waals surface area (Å²) in [6.07, 6.45) is 4.73. The third-order valence-corrected chi connectivity index (χ3v) is 8.11. The molecule has 0 spiro atoms. The molecule has 2 aliphatic rings. The molecule has 0 N–H and O–H groups in total. The minimum atomic E-state index is -0.648. The summed E-state index contributed by atoms with van der Waals surface area (Å²) in [4.78, 5) is 12.5. The zero-order valence-electron chi connectivity index (χ0n) is 21.5. The third kappa shape index (κ3) is 4.29. The zero-order chi connectivity index (χ0) is 24.6. The first kappa shape index (κ1) is 25.3. The van der Waals surface area contributed by atoms with Crippen LogP contribution in [0.5, 0.6) is 23.0 Å². The molecule has 0 aliphatic heterocycles. The average molecular weight is 461 g/mol. The molecule has 4 atom stereocenters. The van der Waals surface area contributed by atoms with Crippen molar-refractivity contribution >= 4 is 5.97 Å². The van der Waals surface area contributed by atoms with Crippen molar-refractivity contribution in [2.75, 3.05) is 28.4 Å². The van der Waals surface area contributed by atoms with Gasteiger partial charge in [0.15, 0.2) is 23.0 Å². The topological polar surface area (TPSA) is 63.2 Å². The summed E-state index contributed by atoms with van der Waals surface area (Å²) in [6.45, 7) is 13.0. The first-order chi connectivity index (χ1) is 15.5. The lowest BCUT2D eigenvalue weighted by Gasteiger charge is -2.59. The van der Waals surface area contributed by atoms with Crippen LogP contribution in [0.15, 0.2) is 18.2 Å². The van der Waals surface area contributed by atoms with E-state index in [4.69, 9.17) is 23.7 Å². The molecule has 3 rings (SSSR count). The van der Waals surface area contributed by atoms with Gasteiger partial charge in [-0.2, -0.15) is 0 Å². The summed E-state index contributed by atoms with van der Waals surface area (Å²) >= 11 is 0. The summed E-state index contributed by atoms with van der Waals surface area (Å²) in [5.74, 6) is 1.98. The van der Waals surface area contributed by atoms with E-state index in [0.29, 0.717) is 34.5 Å². The predicted octanol–water partition coefficient (Wildman–Crippen LogP) is 6.12. The van der Waals surface area contributed by atoms with Gasteiger partial charge in [-0.25, -0.2) is 0 Å². The number of hydrogen-bond donors (Lipinski definition) is 0. The molecule has 2 fully saturated rings. The Kier molecular flexibility index (Phi) is 7.25. The second kappa shape index (κ2) is 9.47. The van der Waals surface area contributed by atoms with Crippen LogP contribution in [0.1, 0.15) is 71.5 Å². The van der Waals surface area contributed by atoms with Crippen molar-refractivity contribution in [2.45, 2.75) is 65.9 Å².